The lowest BCUT2D eigenvalue weighted by Crippen LogP contribution is -2.39. The maximum Gasteiger partial charge on any atom is 0.223 e. The Morgan fingerprint density at radius 2 is 1.88 bits per heavy atom. The molecule has 0 saturated heterocycles. The molecule has 1 rings (SSSR count). The van der Waals surface area contributed by atoms with E-state index in [1.165, 1.54) is 25.7 Å². The fourth-order valence-corrected chi connectivity index (χ4v) is 3.08. The van der Waals surface area contributed by atoms with Crippen LogP contribution in [0, 0.1) is 5.92 Å². The minimum absolute atomic E-state index is 0.0292. The molecule has 0 spiro atoms. The van der Waals surface area contributed by atoms with Crippen LogP contribution in [0.4, 0.5) is 0 Å². The normalized spacial score (nSPS) is 22.1. The fraction of sp³-hybridized carbons (Fsp3) is 0.917. The minimum Gasteiger partial charge on any atom is -0.352 e. The summed E-state index contributed by atoms with van der Waals surface area (Å²) in [5, 5.41) is 2.98. The van der Waals surface area contributed by atoms with E-state index >= 15 is 0 Å². The molecule has 1 fully saturated rings. The van der Waals surface area contributed by atoms with E-state index in [9.17, 15) is 9.00 Å². The number of amides is 1. The van der Waals surface area contributed by atoms with Crippen molar-refractivity contribution in [1.29, 1.82) is 0 Å². The van der Waals surface area contributed by atoms with Crippen LogP contribution in [0.5, 0.6) is 0 Å². The highest BCUT2D eigenvalue weighted by molar-refractivity contribution is 7.84. The fourth-order valence-electron chi connectivity index (χ4n) is 2.30. The maximum atomic E-state index is 11.9. The molecule has 0 heterocycles. The van der Waals surface area contributed by atoms with E-state index in [0.29, 0.717) is 5.75 Å². The highest BCUT2D eigenvalue weighted by atomic mass is 32.2. The van der Waals surface area contributed by atoms with Crippen LogP contribution in [0.1, 0.15) is 45.4 Å². The Labute approximate surface area is 101 Å². The van der Waals surface area contributed by atoms with Crippen molar-refractivity contribution in [3.63, 3.8) is 0 Å². The van der Waals surface area contributed by atoms with Crippen molar-refractivity contribution in [3.05, 3.63) is 0 Å². The van der Waals surface area contributed by atoms with Crippen molar-refractivity contribution in [2.75, 3.05) is 12.0 Å². The van der Waals surface area contributed by atoms with Gasteiger partial charge < -0.3 is 5.32 Å². The van der Waals surface area contributed by atoms with Gasteiger partial charge in [-0.25, -0.2) is 0 Å². The predicted octanol–water partition coefficient (Wildman–Crippen LogP) is 1.84. The second-order valence-corrected chi connectivity index (χ2v) is 6.32. The van der Waals surface area contributed by atoms with Crippen LogP contribution in [0.3, 0.4) is 0 Å². The molecular formula is C12H23NO2S. The number of hydrogen-bond acceptors (Lipinski definition) is 2. The summed E-state index contributed by atoms with van der Waals surface area (Å²) in [5.74, 6) is 0.911. The second kappa shape index (κ2) is 7.05. The van der Waals surface area contributed by atoms with E-state index in [1.54, 1.807) is 6.26 Å². The largest absolute Gasteiger partial charge is 0.352 e. The third-order valence-corrected chi connectivity index (χ3v) is 4.07. The smallest absolute Gasteiger partial charge is 0.223 e. The van der Waals surface area contributed by atoms with Crippen molar-refractivity contribution < 1.29 is 9.00 Å². The van der Waals surface area contributed by atoms with Crippen LogP contribution in [-0.4, -0.2) is 28.2 Å². The van der Waals surface area contributed by atoms with E-state index in [-0.39, 0.29) is 17.9 Å². The molecule has 4 heteroatoms. The van der Waals surface area contributed by atoms with Crippen LogP contribution in [0.2, 0.25) is 0 Å². The Morgan fingerprint density at radius 3 is 2.38 bits per heavy atom. The van der Waals surface area contributed by atoms with Gasteiger partial charge in [-0.05, 0) is 19.8 Å². The van der Waals surface area contributed by atoms with Crippen molar-refractivity contribution in [2.24, 2.45) is 5.92 Å². The van der Waals surface area contributed by atoms with Gasteiger partial charge >= 0.3 is 0 Å². The van der Waals surface area contributed by atoms with Gasteiger partial charge in [-0.2, -0.15) is 0 Å². The first-order chi connectivity index (χ1) is 7.59. The molecule has 2 atom stereocenters. The number of carbonyl (C=O) groups excluding carboxylic acids is 1. The lowest BCUT2D eigenvalue weighted by Gasteiger charge is -2.18. The highest BCUT2D eigenvalue weighted by Crippen LogP contribution is 2.22. The van der Waals surface area contributed by atoms with Gasteiger partial charge in [-0.15, -0.1) is 0 Å². The summed E-state index contributed by atoms with van der Waals surface area (Å²) >= 11 is 0. The van der Waals surface area contributed by atoms with Crippen molar-refractivity contribution in [3.8, 4) is 0 Å². The number of nitrogens with one attached hydrogen (secondary N) is 1. The van der Waals surface area contributed by atoms with Gasteiger partial charge in [0, 0.05) is 34.8 Å². The van der Waals surface area contributed by atoms with Crippen LogP contribution in [0.25, 0.3) is 0 Å². The average molecular weight is 245 g/mol. The first kappa shape index (κ1) is 13.7. The van der Waals surface area contributed by atoms with E-state index in [4.69, 9.17) is 0 Å². The van der Waals surface area contributed by atoms with E-state index in [0.717, 1.165) is 12.8 Å². The van der Waals surface area contributed by atoms with Crippen LogP contribution >= 0.6 is 0 Å². The lowest BCUT2D eigenvalue weighted by molar-refractivity contribution is -0.125. The number of hydrogen-bond donors (Lipinski definition) is 1. The van der Waals surface area contributed by atoms with Gasteiger partial charge in [0.2, 0.25) is 5.91 Å². The molecule has 1 N–H and O–H groups in total. The van der Waals surface area contributed by atoms with Gasteiger partial charge in [0.15, 0.2) is 0 Å². The number of rotatable bonds is 4. The predicted molar refractivity (Wildman–Crippen MR) is 67.7 cm³/mol. The zero-order chi connectivity index (χ0) is 12.0. The van der Waals surface area contributed by atoms with Crippen molar-refractivity contribution in [2.45, 2.75) is 51.5 Å². The molecular weight excluding hydrogens is 222 g/mol. The molecule has 1 saturated carbocycles. The topological polar surface area (TPSA) is 46.2 Å². The minimum atomic E-state index is -0.835. The van der Waals surface area contributed by atoms with Gasteiger partial charge in [0.1, 0.15) is 0 Å². The van der Waals surface area contributed by atoms with Crippen molar-refractivity contribution in [1.82, 2.24) is 5.32 Å². The molecule has 1 amide bonds. The van der Waals surface area contributed by atoms with Gasteiger partial charge in [-0.1, -0.05) is 25.7 Å². The third kappa shape index (κ3) is 5.10. The molecule has 0 bridgehead atoms. The van der Waals surface area contributed by atoms with Gasteiger partial charge in [-0.3, -0.25) is 9.00 Å². The third-order valence-electron chi connectivity index (χ3n) is 3.10. The molecule has 0 unspecified atom stereocenters. The molecule has 0 aromatic rings. The maximum absolute atomic E-state index is 11.9. The second-order valence-electron chi connectivity index (χ2n) is 4.84. The average Bonchev–Trinajstić information content (AvgIpc) is 2.43. The standard InChI is InChI=1S/C12H23NO2S/c1-10(9-16(2)15)13-12(14)11-7-5-3-4-6-8-11/h10-11H,3-9H2,1-2H3,(H,13,14)/t10-,16+/m1/s1. The van der Waals surface area contributed by atoms with E-state index < -0.39 is 10.8 Å². The first-order valence-electron chi connectivity index (χ1n) is 6.20. The Kier molecular flexibility index (Phi) is 6.03. The summed E-state index contributed by atoms with van der Waals surface area (Å²) in [6.45, 7) is 1.93. The molecule has 3 nitrogen and oxygen atoms in total. The molecule has 0 aliphatic heterocycles. The molecule has 1 aliphatic rings. The SMILES string of the molecule is C[C@H](C[S@](C)=O)NC(=O)C1CCCCCC1. The molecule has 0 aromatic heterocycles. The molecule has 0 aromatic carbocycles. The highest BCUT2D eigenvalue weighted by Gasteiger charge is 2.21. The monoisotopic (exact) mass is 245 g/mol. The molecule has 94 valence electrons. The molecule has 1 aliphatic carbocycles. The quantitative estimate of drug-likeness (QED) is 0.768. The van der Waals surface area contributed by atoms with Gasteiger partial charge in [0.05, 0.1) is 0 Å². The van der Waals surface area contributed by atoms with E-state index in [2.05, 4.69) is 5.32 Å². The Hall–Kier alpha value is -0.380. The zero-order valence-corrected chi connectivity index (χ0v) is 11.1. The first-order valence-corrected chi connectivity index (χ1v) is 7.92. The summed E-state index contributed by atoms with van der Waals surface area (Å²) in [7, 11) is -0.835. The summed E-state index contributed by atoms with van der Waals surface area (Å²) in [6, 6.07) is 0.0292. The molecule has 16 heavy (non-hydrogen) atoms. The van der Waals surface area contributed by atoms with Crippen LogP contribution in [-0.2, 0) is 15.6 Å². The Balaban J connectivity index is 2.34. The Morgan fingerprint density at radius 1 is 1.31 bits per heavy atom. The lowest BCUT2D eigenvalue weighted by atomic mass is 9.99. The van der Waals surface area contributed by atoms with Crippen LogP contribution < -0.4 is 5.32 Å². The summed E-state index contributed by atoms with van der Waals surface area (Å²) < 4.78 is 11.0. The summed E-state index contributed by atoms with van der Waals surface area (Å²) in [5.41, 5.74) is 0. The molecule has 0 radical (unpaired) electrons. The summed E-state index contributed by atoms with van der Waals surface area (Å²) in [4.78, 5) is 11.9. The van der Waals surface area contributed by atoms with E-state index in [1.807, 2.05) is 6.92 Å². The van der Waals surface area contributed by atoms with Crippen LogP contribution in [0.15, 0.2) is 0 Å². The Bertz CT molecular complexity index is 247. The van der Waals surface area contributed by atoms with Gasteiger partial charge in [0.25, 0.3) is 0 Å². The van der Waals surface area contributed by atoms with Crippen molar-refractivity contribution >= 4 is 16.7 Å². The number of carbonyl (C=O) groups is 1. The summed E-state index contributed by atoms with van der Waals surface area (Å²) in [6.07, 6.45) is 8.59. The zero-order valence-electron chi connectivity index (χ0n) is 10.3.